The van der Waals surface area contributed by atoms with Gasteiger partial charge in [-0.15, -0.1) is 0 Å². The summed E-state index contributed by atoms with van der Waals surface area (Å²) in [6, 6.07) is -0.139. The summed E-state index contributed by atoms with van der Waals surface area (Å²) >= 11 is 0. The topological polar surface area (TPSA) is 56.5 Å². The summed E-state index contributed by atoms with van der Waals surface area (Å²) in [5.74, 6) is 5.25. The van der Waals surface area contributed by atoms with E-state index in [0.717, 1.165) is 0 Å². The molecule has 0 aliphatic heterocycles. The van der Waals surface area contributed by atoms with Gasteiger partial charge in [0.2, 0.25) is 0 Å². The molecule has 7 heteroatoms. The molecule has 1 unspecified atom stereocenters. The number of alkyl halides is 3. The van der Waals surface area contributed by atoms with Gasteiger partial charge in [-0.25, -0.2) is 0 Å². The SMILES string of the molecule is COCCOCCC(CCCC(F)(F)F)NN. The normalized spacial score (nSPS) is 13.9. The first kappa shape index (κ1) is 16.6. The summed E-state index contributed by atoms with van der Waals surface area (Å²) in [5.41, 5.74) is 2.50. The maximum Gasteiger partial charge on any atom is 0.389 e. The number of hydrogen-bond donors (Lipinski definition) is 2. The zero-order valence-corrected chi connectivity index (χ0v) is 10.1. The van der Waals surface area contributed by atoms with E-state index in [9.17, 15) is 13.2 Å². The predicted octanol–water partition coefficient (Wildman–Crippen LogP) is 1.60. The predicted molar refractivity (Wildman–Crippen MR) is 58.3 cm³/mol. The van der Waals surface area contributed by atoms with Crippen molar-refractivity contribution in [3.63, 3.8) is 0 Å². The number of ether oxygens (including phenoxy) is 2. The highest BCUT2D eigenvalue weighted by molar-refractivity contribution is 4.64. The molecule has 0 spiro atoms. The zero-order chi connectivity index (χ0) is 13.1. The molecule has 0 bridgehead atoms. The van der Waals surface area contributed by atoms with E-state index in [4.69, 9.17) is 15.3 Å². The molecule has 0 saturated heterocycles. The van der Waals surface area contributed by atoms with Gasteiger partial charge in [0.15, 0.2) is 0 Å². The number of halogens is 3. The second kappa shape index (κ2) is 9.64. The maximum absolute atomic E-state index is 11.9. The number of rotatable bonds is 10. The lowest BCUT2D eigenvalue weighted by Crippen LogP contribution is -2.36. The van der Waals surface area contributed by atoms with Crippen LogP contribution in [0.15, 0.2) is 0 Å². The van der Waals surface area contributed by atoms with Gasteiger partial charge in [0.05, 0.1) is 13.2 Å². The van der Waals surface area contributed by atoms with Crippen LogP contribution in [0.5, 0.6) is 0 Å². The van der Waals surface area contributed by atoms with Crippen LogP contribution in [0.1, 0.15) is 25.7 Å². The minimum Gasteiger partial charge on any atom is -0.382 e. The Hall–Kier alpha value is -0.370. The number of nitrogens with two attached hydrogens (primary N) is 1. The van der Waals surface area contributed by atoms with Crippen molar-refractivity contribution in [3.05, 3.63) is 0 Å². The fourth-order valence-electron chi connectivity index (χ4n) is 1.33. The van der Waals surface area contributed by atoms with Gasteiger partial charge in [0, 0.05) is 26.2 Å². The molecular formula is C10H21F3N2O2. The van der Waals surface area contributed by atoms with Crippen LogP contribution in [0.3, 0.4) is 0 Å². The zero-order valence-electron chi connectivity index (χ0n) is 10.1. The van der Waals surface area contributed by atoms with Crippen LogP contribution in [-0.4, -0.2) is 39.1 Å². The Balaban J connectivity index is 3.49. The molecule has 0 aliphatic carbocycles. The van der Waals surface area contributed by atoms with E-state index in [-0.39, 0.29) is 12.5 Å². The van der Waals surface area contributed by atoms with Gasteiger partial charge in [0.1, 0.15) is 0 Å². The minimum absolute atomic E-state index is 0.0798. The molecule has 0 radical (unpaired) electrons. The van der Waals surface area contributed by atoms with Crippen molar-refractivity contribution in [2.45, 2.75) is 37.9 Å². The first-order chi connectivity index (χ1) is 7.99. The Bertz CT molecular complexity index is 179. The van der Waals surface area contributed by atoms with Crippen LogP contribution in [0.2, 0.25) is 0 Å². The molecule has 17 heavy (non-hydrogen) atoms. The van der Waals surface area contributed by atoms with Gasteiger partial charge in [0.25, 0.3) is 0 Å². The van der Waals surface area contributed by atoms with Crippen molar-refractivity contribution in [1.82, 2.24) is 5.43 Å². The molecule has 1 atom stereocenters. The third-order valence-electron chi connectivity index (χ3n) is 2.29. The van der Waals surface area contributed by atoms with Crippen LogP contribution < -0.4 is 11.3 Å². The van der Waals surface area contributed by atoms with Crippen LogP contribution in [-0.2, 0) is 9.47 Å². The number of hydrogen-bond acceptors (Lipinski definition) is 4. The molecule has 0 fully saturated rings. The molecule has 0 rings (SSSR count). The highest BCUT2D eigenvalue weighted by Gasteiger charge is 2.26. The van der Waals surface area contributed by atoms with Gasteiger partial charge in [-0.3, -0.25) is 11.3 Å². The van der Waals surface area contributed by atoms with Crippen molar-refractivity contribution in [2.24, 2.45) is 5.84 Å². The van der Waals surface area contributed by atoms with Crippen molar-refractivity contribution < 1.29 is 22.6 Å². The molecule has 3 N–H and O–H groups in total. The monoisotopic (exact) mass is 258 g/mol. The second-order valence-corrected chi connectivity index (χ2v) is 3.76. The first-order valence-corrected chi connectivity index (χ1v) is 5.59. The molecule has 0 aromatic carbocycles. The van der Waals surface area contributed by atoms with Crippen molar-refractivity contribution in [3.8, 4) is 0 Å². The van der Waals surface area contributed by atoms with Gasteiger partial charge in [-0.05, 0) is 19.3 Å². The van der Waals surface area contributed by atoms with E-state index >= 15 is 0 Å². The summed E-state index contributed by atoms with van der Waals surface area (Å²) in [5, 5.41) is 0. The van der Waals surface area contributed by atoms with Crippen molar-refractivity contribution >= 4 is 0 Å². The molecule has 0 aromatic heterocycles. The van der Waals surface area contributed by atoms with Crippen LogP contribution in [0.25, 0.3) is 0 Å². The second-order valence-electron chi connectivity index (χ2n) is 3.76. The van der Waals surface area contributed by atoms with E-state index < -0.39 is 12.6 Å². The molecule has 0 saturated carbocycles. The average Bonchev–Trinajstić information content (AvgIpc) is 2.25. The molecule has 104 valence electrons. The lowest BCUT2D eigenvalue weighted by molar-refractivity contribution is -0.135. The number of nitrogens with one attached hydrogen (secondary N) is 1. The smallest absolute Gasteiger partial charge is 0.382 e. The van der Waals surface area contributed by atoms with Crippen LogP contribution in [0, 0.1) is 0 Å². The highest BCUT2D eigenvalue weighted by Crippen LogP contribution is 2.22. The van der Waals surface area contributed by atoms with Gasteiger partial charge < -0.3 is 9.47 Å². The standard InChI is InChI=1S/C10H21F3N2O2/c1-16-7-8-17-6-4-9(15-14)3-2-5-10(11,12)13/h9,15H,2-8,14H2,1H3. The van der Waals surface area contributed by atoms with E-state index in [1.165, 1.54) is 0 Å². The summed E-state index contributed by atoms with van der Waals surface area (Å²) in [6.45, 7) is 1.45. The summed E-state index contributed by atoms with van der Waals surface area (Å²) in [6.07, 6.45) is -3.79. The third-order valence-corrected chi connectivity index (χ3v) is 2.29. The Morgan fingerprint density at radius 2 is 1.88 bits per heavy atom. The van der Waals surface area contributed by atoms with E-state index in [2.05, 4.69) is 5.43 Å². The number of hydrazine groups is 1. The minimum atomic E-state index is -4.09. The van der Waals surface area contributed by atoms with Gasteiger partial charge in [-0.1, -0.05) is 0 Å². The quantitative estimate of drug-likeness (QED) is 0.355. The average molecular weight is 258 g/mol. The largest absolute Gasteiger partial charge is 0.389 e. The molecule has 0 amide bonds. The molecule has 0 aliphatic rings. The van der Waals surface area contributed by atoms with Crippen LogP contribution in [0.4, 0.5) is 13.2 Å². The Morgan fingerprint density at radius 1 is 1.18 bits per heavy atom. The van der Waals surface area contributed by atoms with E-state index in [1.54, 1.807) is 7.11 Å². The highest BCUT2D eigenvalue weighted by atomic mass is 19.4. The lowest BCUT2D eigenvalue weighted by atomic mass is 10.1. The fourth-order valence-corrected chi connectivity index (χ4v) is 1.33. The molecule has 4 nitrogen and oxygen atoms in total. The van der Waals surface area contributed by atoms with Crippen molar-refractivity contribution in [2.75, 3.05) is 26.9 Å². The van der Waals surface area contributed by atoms with E-state index in [0.29, 0.717) is 32.7 Å². The Kier molecular flexibility index (Phi) is 9.43. The molecule has 0 heterocycles. The summed E-state index contributed by atoms with van der Waals surface area (Å²) in [4.78, 5) is 0. The third kappa shape index (κ3) is 11.9. The summed E-state index contributed by atoms with van der Waals surface area (Å²) in [7, 11) is 1.57. The fraction of sp³-hybridized carbons (Fsp3) is 1.00. The lowest BCUT2D eigenvalue weighted by Gasteiger charge is -2.16. The Morgan fingerprint density at radius 3 is 2.41 bits per heavy atom. The first-order valence-electron chi connectivity index (χ1n) is 5.59. The van der Waals surface area contributed by atoms with Gasteiger partial charge >= 0.3 is 6.18 Å². The molecular weight excluding hydrogens is 237 g/mol. The van der Waals surface area contributed by atoms with E-state index in [1.807, 2.05) is 0 Å². The summed E-state index contributed by atoms with van der Waals surface area (Å²) < 4.78 is 45.7. The van der Waals surface area contributed by atoms with Crippen LogP contribution >= 0.6 is 0 Å². The van der Waals surface area contributed by atoms with Crippen molar-refractivity contribution in [1.29, 1.82) is 0 Å². The maximum atomic E-state index is 11.9. The van der Waals surface area contributed by atoms with Gasteiger partial charge in [-0.2, -0.15) is 13.2 Å². The Labute approximate surface area is 99.6 Å². The molecule has 0 aromatic rings. The number of methoxy groups -OCH3 is 1.